The number of amides is 4. The monoisotopic (exact) mass is 411 g/mol. The molecule has 26 heavy (non-hydrogen) atoms. The van der Waals surface area contributed by atoms with Gasteiger partial charge < -0.3 is 5.32 Å². The first kappa shape index (κ1) is 20.3. The average molecular weight is 412 g/mol. The topological polar surface area (TPSA) is 78.5 Å². The summed E-state index contributed by atoms with van der Waals surface area (Å²) in [4.78, 5) is 37.0. The number of unbranched alkanes of at least 4 members (excludes halogenated alkanes) is 1. The Morgan fingerprint density at radius 3 is 2.50 bits per heavy atom. The predicted molar refractivity (Wildman–Crippen MR) is 87.9 cm³/mol. The number of alkyl halides is 3. The molecule has 4 amide bonds. The lowest BCUT2D eigenvalue weighted by atomic mass is 10.1. The third-order valence-electron chi connectivity index (χ3n) is 3.74. The van der Waals surface area contributed by atoms with Crippen LogP contribution in [0.3, 0.4) is 0 Å². The second-order valence-electron chi connectivity index (χ2n) is 5.57. The van der Waals surface area contributed by atoms with E-state index in [-0.39, 0.29) is 22.2 Å². The lowest BCUT2D eigenvalue weighted by Gasteiger charge is -2.30. The second-order valence-corrected chi connectivity index (χ2v) is 6.41. The minimum Gasteiger partial charge on any atom is -0.314 e. The van der Waals surface area contributed by atoms with Crippen molar-refractivity contribution < 1.29 is 27.6 Å². The SMILES string of the molecule is CCCCN1C(=O)N[C@@](NC(=O)c2ccc(Cl)cc2Cl)(C(F)(F)F)C1=O. The maximum atomic E-state index is 13.6. The van der Waals surface area contributed by atoms with Gasteiger partial charge in [0, 0.05) is 11.6 Å². The molecule has 6 nitrogen and oxygen atoms in total. The number of nitrogens with one attached hydrogen (secondary N) is 2. The van der Waals surface area contributed by atoms with Crippen molar-refractivity contribution in [3.05, 3.63) is 33.8 Å². The second kappa shape index (κ2) is 7.32. The molecular weight excluding hydrogens is 398 g/mol. The number of nitrogens with zero attached hydrogens (tertiary/aromatic N) is 1. The molecule has 0 aliphatic carbocycles. The van der Waals surface area contributed by atoms with Gasteiger partial charge in [-0.15, -0.1) is 0 Å². The van der Waals surface area contributed by atoms with Crippen molar-refractivity contribution in [3.8, 4) is 0 Å². The van der Waals surface area contributed by atoms with Crippen LogP contribution in [0.5, 0.6) is 0 Å². The molecule has 1 fully saturated rings. The number of rotatable bonds is 5. The van der Waals surface area contributed by atoms with E-state index < -0.39 is 29.7 Å². The fourth-order valence-electron chi connectivity index (χ4n) is 2.35. The quantitative estimate of drug-likeness (QED) is 0.729. The molecule has 1 heterocycles. The van der Waals surface area contributed by atoms with Crippen LogP contribution in [-0.4, -0.2) is 41.1 Å². The van der Waals surface area contributed by atoms with E-state index in [0.717, 1.165) is 6.07 Å². The Morgan fingerprint density at radius 2 is 1.96 bits per heavy atom. The van der Waals surface area contributed by atoms with E-state index in [4.69, 9.17) is 23.2 Å². The Kier molecular flexibility index (Phi) is 5.72. The molecule has 1 aliphatic rings. The van der Waals surface area contributed by atoms with E-state index in [1.807, 2.05) is 0 Å². The van der Waals surface area contributed by atoms with E-state index in [9.17, 15) is 27.6 Å². The number of benzene rings is 1. The number of hydrogen-bond acceptors (Lipinski definition) is 3. The first-order valence-electron chi connectivity index (χ1n) is 7.52. The van der Waals surface area contributed by atoms with Gasteiger partial charge in [-0.25, -0.2) is 4.79 Å². The lowest BCUT2D eigenvalue weighted by Crippen LogP contribution is -2.69. The Labute approximate surface area is 156 Å². The molecule has 11 heteroatoms. The number of urea groups is 1. The maximum absolute atomic E-state index is 13.6. The van der Waals surface area contributed by atoms with Crippen LogP contribution in [0.25, 0.3) is 0 Å². The van der Waals surface area contributed by atoms with Crippen molar-refractivity contribution in [2.45, 2.75) is 31.6 Å². The summed E-state index contributed by atoms with van der Waals surface area (Å²) in [6, 6.07) is 2.30. The third kappa shape index (κ3) is 3.59. The van der Waals surface area contributed by atoms with Gasteiger partial charge in [0.2, 0.25) is 0 Å². The largest absolute Gasteiger partial charge is 0.440 e. The number of hydrogen-bond donors (Lipinski definition) is 2. The fraction of sp³-hybridized carbons (Fsp3) is 0.400. The molecule has 1 aliphatic heterocycles. The van der Waals surface area contributed by atoms with Gasteiger partial charge in [0.15, 0.2) is 0 Å². The molecule has 1 atom stereocenters. The number of halogens is 5. The highest BCUT2D eigenvalue weighted by atomic mass is 35.5. The highest BCUT2D eigenvalue weighted by Crippen LogP contribution is 2.34. The van der Waals surface area contributed by atoms with Crippen molar-refractivity contribution in [2.24, 2.45) is 0 Å². The zero-order valence-corrected chi connectivity index (χ0v) is 14.9. The fourth-order valence-corrected chi connectivity index (χ4v) is 2.85. The average Bonchev–Trinajstić information content (AvgIpc) is 2.76. The van der Waals surface area contributed by atoms with Gasteiger partial charge in [-0.05, 0) is 24.6 Å². The molecule has 0 bridgehead atoms. The normalized spacial score (nSPS) is 20.3. The highest BCUT2D eigenvalue weighted by Gasteiger charge is 2.68. The molecule has 0 aromatic heterocycles. The summed E-state index contributed by atoms with van der Waals surface area (Å²) >= 11 is 11.5. The van der Waals surface area contributed by atoms with E-state index in [0.29, 0.717) is 17.7 Å². The Morgan fingerprint density at radius 1 is 1.31 bits per heavy atom. The van der Waals surface area contributed by atoms with E-state index in [1.165, 1.54) is 12.1 Å². The van der Waals surface area contributed by atoms with Gasteiger partial charge in [0.1, 0.15) is 0 Å². The van der Waals surface area contributed by atoms with Crippen LogP contribution in [0.1, 0.15) is 30.1 Å². The zero-order chi connectivity index (χ0) is 19.7. The number of carbonyl (C=O) groups is 3. The summed E-state index contributed by atoms with van der Waals surface area (Å²) in [5, 5.41) is 3.11. The molecule has 1 saturated heterocycles. The summed E-state index contributed by atoms with van der Waals surface area (Å²) in [5.41, 5.74) is -3.88. The zero-order valence-electron chi connectivity index (χ0n) is 13.4. The van der Waals surface area contributed by atoms with Gasteiger partial charge in [0.05, 0.1) is 10.6 Å². The maximum Gasteiger partial charge on any atom is 0.440 e. The molecule has 0 unspecified atom stereocenters. The molecule has 1 aromatic rings. The number of imide groups is 1. The van der Waals surface area contributed by atoms with E-state index in [2.05, 4.69) is 0 Å². The van der Waals surface area contributed by atoms with Crippen LogP contribution < -0.4 is 10.6 Å². The van der Waals surface area contributed by atoms with Gasteiger partial charge >= 0.3 is 12.2 Å². The van der Waals surface area contributed by atoms with Gasteiger partial charge in [0.25, 0.3) is 17.5 Å². The van der Waals surface area contributed by atoms with Crippen LogP contribution >= 0.6 is 23.2 Å². The summed E-state index contributed by atoms with van der Waals surface area (Å²) < 4.78 is 40.9. The number of carbonyl (C=O) groups excluding carboxylic acids is 3. The van der Waals surface area contributed by atoms with Crippen LogP contribution in [0.15, 0.2) is 18.2 Å². The molecular formula is C15H14Cl2F3N3O3. The van der Waals surface area contributed by atoms with Gasteiger partial charge in [-0.1, -0.05) is 36.5 Å². The van der Waals surface area contributed by atoms with E-state index >= 15 is 0 Å². The molecule has 0 radical (unpaired) electrons. The van der Waals surface area contributed by atoms with Crippen molar-refractivity contribution >= 4 is 41.0 Å². The first-order chi connectivity index (χ1) is 12.0. The van der Waals surface area contributed by atoms with Crippen molar-refractivity contribution in [1.29, 1.82) is 0 Å². The lowest BCUT2D eigenvalue weighted by molar-refractivity contribution is -0.200. The van der Waals surface area contributed by atoms with E-state index in [1.54, 1.807) is 17.6 Å². The summed E-state index contributed by atoms with van der Waals surface area (Å²) in [6.07, 6.45) is -4.39. The molecule has 1 aromatic carbocycles. The third-order valence-corrected chi connectivity index (χ3v) is 4.29. The minimum absolute atomic E-state index is 0.174. The molecule has 0 spiro atoms. The van der Waals surface area contributed by atoms with Crippen LogP contribution in [-0.2, 0) is 4.79 Å². The highest BCUT2D eigenvalue weighted by molar-refractivity contribution is 6.36. The molecule has 142 valence electrons. The predicted octanol–water partition coefficient (Wildman–Crippen LogP) is 3.33. The smallest absolute Gasteiger partial charge is 0.314 e. The molecule has 2 N–H and O–H groups in total. The minimum atomic E-state index is -5.27. The van der Waals surface area contributed by atoms with Crippen molar-refractivity contribution in [1.82, 2.24) is 15.5 Å². The van der Waals surface area contributed by atoms with Crippen LogP contribution in [0, 0.1) is 0 Å². The Bertz CT molecular complexity index is 757. The van der Waals surface area contributed by atoms with Crippen LogP contribution in [0.4, 0.5) is 18.0 Å². The summed E-state index contributed by atoms with van der Waals surface area (Å²) in [6.45, 7) is 1.55. The van der Waals surface area contributed by atoms with Crippen molar-refractivity contribution in [3.63, 3.8) is 0 Å². The van der Waals surface area contributed by atoms with Crippen molar-refractivity contribution in [2.75, 3.05) is 6.54 Å². The Balaban J connectivity index is 2.38. The first-order valence-corrected chi connectivity index (χ1v) is 8.27. The Hall–Kier alpha value is -2.00. The van der Waals surface area contributed by atoms with Crippen LogP contribution in [0.2, 0.25) is 10.0 Å². The van der Waals surface area contributed by atoms with Gasteiger partial charge in [-0.2, -0.15) is 13.2 Å². The standard InChI is InChI=1S/C15H14Cl2F3N3O3/c1-2-3-6-23-12(25)14(15(18,19)20,22-13(23)26)21-11(24)9-5-4-8(16)7-10(9)17/h4-5,7H,2-3,6H2,1H3,(H,21,24)(H,22,26)/t14-/m1/s1. The summed E-state index contributed by atoms with van der Waals surface area (Å²) in [5.74, 6) is -2.88. The molecule has 2 rings (SSSR count). The molecule has 0 saturated carbocycles. The van der Waals surface area contributed by atoms with Gasteiger partial charge in [-0.3, -0.25) is 19.8 Å². The summed E-state index contributed by atoms with van der Waals surface area (Å²) in [7, 11) is 0.